The second kappa shape index (κ2) is 3.75. The van der Waals surface area contributed by atoms with Crippen LogP contribution in [0.5, 0.6) is 0 Å². The van der Waals surface area contributed by atoms with E-state index in [-0.39, 0.29) is 18.1 Å². The fourth-order valence-corrected chi connectivity index (χ4v) is 1.71. The Morgan fingerprint density at radius 3 is 2.58 bits per heavy atom. The van der Waals surface area contributed by atoms with Crippen molar-refractivity contribution in [3.8, 4) is 0 Å². The van der Waals surface area contributed by atoms with E-state index in [0.717, 1.165) is 19.4 Å². The molecule has 1 fully saturated rings. The van der Waals surface area contributed by atoms with E-state index in [9.17, 15) is 5.11 Å². The summed E-state index contributed by atoms with van der Waals surface area (Å²) < 4.78 is 5.65. The lowest BCUT2D eigenvalue weighted by Crippen LogP contribution is -2.34. The highest BCUT2D eigenvalue weighted by molar-refractivity contribution is 4.86. The van der Waals surface area contributed by atoms with Crippen molar-refractivity contribution >= 4 is 0 Å². The van der Waals surface area contributed by atoms with Crippen molar-refractivity contribution < 1.29 is 9.84 Å². The smallest absolute Gasteiger partial charge is 0.0654 e. The van der Waals surface area contributed by atoms with Crippen molar-refractivity contribution in [2.75, 3.05) is 13.2 Å². The molecule has 0 aliphatic carbocycles. The Bertz CT molecular complexity index is 141. The Balaban J connectivity index is 2.55. The van der Waals surface area contributed by atoms with Crippen molar-refractivity contribution in [3.05, 3.63) is 0 Å². The number of aliphatic hydroxyl groups is 1. The third-order valence-electron chi connectivity index (χ3n) is 3.14. The minimum absolute atomic E-state index is 0.0231. The highest BCUT2D eigenvalue weighted by Crippen LogP contribution is 2.35. The van der Waals surface area contributed by atoms with E-state index in [1.807, 2.05) is 0 Å². The Hall–Kier alpha value is -0.0800. The molecular weight excluding hydrogens is 152 g/mol. The monoisotopic (exact) mass is 172 g/mol. The zero-order valence-electron chi connectivity index (χ0n) is 8.34. The quantitative estimate of drug-likeness (QED) is 0.703. The number of rotatable bonds is 3. The maximum atomic E-state index is 9.25. The van der Waals surface area contributed by atoms with Gasteiger partial charge in [0.05, 0.1) is 12.7 Å². The van der Waals surface area contributed by atoms with Crippen molar-refractivity contribution in [3.63, 3.8) is 0 Å². The van der Waals surface area contributed by atoms with Gasteiger partial charge in [0.1, 0.15) is 0 Å². The van der Waals surface area contributed by atoms with Gasteiger partial charge in [0, 0.05) is 12.0 Å². The molecule has 3 atom stereocenters. The molecular formula is C10H20O2. The molecule has 0 amide bonds. The van der Waals surface area contributed by atoms with Crippen molar-refractivity contribution in [2.24, 2.45) is 11.3 Å². The first-order valence-electron chi connectivity index (χ1n) is 4.85. The second-order valence-corrected chi connectivity index (χ2v) is 4.33. The van der Waals surface area contributed by atoms with Crippen molar-refractivity contribution in [2.45, 2.75) is 39.7 Å². The third-order valence-corrected chi connectivity index (χ3v) is 3.14. The van der Waals surface area contributed by atoms with Crippen molar-refractivity contribution in [1.29, 1.82) is 0 Å². The van der Waals surface area contributed by atoms with Crippen LogP contribution in [-0.2, 0) is 4.74 Å². The lowest BCUT2D eigenvalue weighted by molar-refractivity contribution is -0.0260. The highest BCUT2D eigenvalue weighted by atomic mass is 16.5. The van der Waals surface area contributed by atoms with Gasteiger partial charge < -0.3 is 9.84 Å². The Morgan fingerprint density at radius 2 is 2.25 bits per heavy atom. The molecule has 12 heavy (non-hydrogen) atoms. The first-order valence-corrected chi connectivity index (χ1v) is 4.85. The molecule has 1 saturated heterocycles. The highest BCUT2D eigenvalue weighted by Gasteiger charge is 2.37. The van der Waals surface area contributed by atoms with E-state index in [1.165, 1.54) is 0 Å². The fraction of sp³-hybridized carbons (Fsp3) is 1.00. The molecule has 3 unspecified atom stereocenters. The van der Waals surface area contributed by atoms with E-state index in [0.29, 0.717) is 5.92 Å². The summed E-state index contributed by atoms with van der Waals surface area (Å²) in [5.74, 6) is 0.660. The summed E-state index contributed by atoms with van der Waals surface area (Å²) in [4.78, 5) is 0. The molecule has 0 radical (unpaired) electrons. The molecule has 0 aromatic rings. The first-order chi connectivity index (χ1) is 5.62. The van der Waals surface area contributed by atoms with Gasteiger partial charge >= 0.3 is 0 Å². The Kier molecular flexibility index (Phi) is 3.13. The van der Waals surface area contributed by atoms with Gasteiger partial charge in [-0.2, -0.15) is 0 Å². The van der Waals surface area contributed by atoms with E-state index < -0.39 is 0 Å². The van der Waals surface area contributed by atoms with Crippen LogP contribution in [0.25, 0.3) is 0 Å². The van der Waals surface area contributed by atoms with Crippen molar-refractivity contribution in [1.82, 2.24) is 0 Å². The maximum Gasteiger partial charge on any atom is 0.0654 e. The molecule has 1 aliphatic heterocycles. The fourth-order valence-electron chi connectivity index (χ4n) is 1.71. The SMILES string of the molecule is CCC(C)(CO)C1CC(C)CO1. The van der Waals surface area contributed by atoms with Crippen LogP contribution in [0.15, 0.2) is 0 Å². The van der Waals surface area contributed by atoms with Crippen LogP contribution in [0.2, 0.25) is 0 Å². The minimum atomic E-state index is -0.0231. The van der Waals surface area contributed by atoms with Gasteiger partial charge in [-0.15, -0.1) is 0 Å². The maximum absolute atomic E-state index is 9.25. The number of ether oxygens (including phenoxy) is 1. The lowest BCUT2D eigenvalue weighted by atomic mass is 9.80. The molecule has 1 N–H and O–H groups in total. The summed E-state index contributed by atoms with van der Waals surface area (Å²) in [5, 5.41) is 9.25. The standard InChI is InChI=1S/C10H20O2/c1-4-10(3,7-11)9-5-8(2)6-12-9/h8-9,11H,4-7H2,1-3H3. The third kappa shape index (κ3) is 1.80. The summed E-state index contributed by atoms with van der Waals surface area (Å²) in [6.07, 6.45) is 2.36. The summed E-state index contributed by atoms with van der Waals surface area (Å²) in [6.45, 7) is 7.52. The average molecular weight is 172 g/mol. The van der Waals surface area contributed by atoms with Gasteiger partial charge in [0.25, 0.3) is 0 Å². The van der Waals surface area contributed by atoms with E-state index in [2.05, 4.69) is 20.8 Å². The van der Waals surface area contributed by atoms with Crippen LogP contribution >= 0.6 is 0 Å². The van der Waals surface area contributed by atoms with Crippen LogP contribution < -0.4 is 0 Å². The molecule has 1 rings (SSSR count). The minimum Gasteiger partial charge on any atom is -0.396 e. The van der Waals surface area contributed by atoms with Gasteiger partial charge in [-0.1, -0.05) is 20.8 Å². The van der Waals surface area contributed by atoms with E-state index in [1.54, 1.807) is 0 Å². The lowest BCUT2D eigenvalue weighted by Gasteiger charge is -2.31. The molecule has 72 valence electrons. The molecule has 1 heterocycles. The molecule has 0 spiro atoms. The van der Waals surface area contributed by atoms with Gasteiger partial charge in [-0.25, -0.2) is 0 Å². The van der Waals surface area contributed by atoms with Gasteiger partial charge in [0.15, 0.2) is 0 Å². The van der Waals surface area contributed by atoms with Gasteiger partial charge in [-0.3, -0.25) is 0 Å². The molecule has 2 nitrogen and oxygen atoms in total. The number of aliphatic hydroxyl groups excluding tert-OH is 1. The predicted octanol–water partition coefficient (Wildman–Crippen LogP) is 1.82. The summed E-state index contributed by atoms with van der Waals surface area (Å²) in [7, 11) is 0. The zero-order valence-corrected chi connectivity index (χ0v) is 8.34. The number of hydrogen-bond donors (Lipinski definition) is 1. The molecule has 0 saturated carbocycles. The number of hydrogen-bond acceptors (Lipinski definition) is 2. The summed E-state index contributed by atoms with van der Waals surface area (Å²) in [6, 6.07) is 0. The summed E-state index contributed by atoms with van der Waals surface area (Å²) >= 11 is 0. The predicted molar refractivity (Wildman–Crippen MR) is 49.0 cm³/mol. The Morgan fingerprint density at radius 1 is 1.58 bits per heavy atom. The molecule has 0 aromatic heterocycles. The summed E-state index contributed by atoms with van der Waals surface area (Å²) in [5.41, 5.74) is -0.0231. The molecule has 2 heteroatoms. The first kappa shape index (κ1) is 10.0. The van der Waals surface area contributed by atoms with Crippen LogP contribution in [-0.4, -0.2) is 24.4 Å². The molecule has 0 bridgehead atoms. The van der Waals surface area contributed by atoms with Crippen LogP contribution in [0, 0.1) is 11.3 Å². The molecule has 0 aromatic carbocycles. The van der Waals surface area contributed by atoms with E-state index >= 15 is 0 Å². The second-order valence-electron chi connectivity index (χ2n) is 4.33. The van der Waals surface area contributed by atoms with Crippen LogP contribution in [0.4, 0.5) is 0 Å². The molecule has 1 aliphatic rings. The average Bonchev–Trinajstić information content (AvgIpc) is 2.51. The van der Waals surface area contributed by atoms with Gasteiger partial charge in [-0.05, 0) is 18.8 Å². The van der Waals surface area contributed by atoms with Crippen LogP contribution in [0.1, 0.15) is 33.6 Å². The normalized spacial score (nSPS) is 35.0. The largest absolute Gasteiger partial charge is 0.396 e. The van der Waals surface area contributed by atoms with Crippen LogP contribution in [0.3, 0.4) is 0 Å². The van der Waals surface area contributed by atoms with E-state index in [4.69, 9.17) is 4.74 Å². The zero-order chi connectivity index (χ0) is 9.19. The Labute approximate surface area is 74.9 Å². The topological polar surface area (TPSA) is 29.5 Å². The van der Waals surface area contributed by atoms with Gasteiger partial charge in [0.2, 0.25) is 0 Å².